The molecule has 0 spiro atoms. The maximum Gasteiger partial charge on any atom is 0.278 e. The lowest BCUT2D eigenvalue weighted by Crippen LogP contribution is -2.38. The minimum absolute atomic E-state index is 0.0237. The number of benzene rings is 2. The standard InChI is InChI=1S/C19H23FN2O4S2/c1-22(2)28(25,26)21-13-15-6-3-5-14-11-18(9-10-19(14)15)27(23,24)17-8-4-7-16(20)12-17/h4,7-12,15,21H,3,5-6,13H2,1-2H3/t15-/m0/s1. The molecular formula is C19H23FN2O4S2. The molecule has 1 N–H and O–H groups in total. The number of sulfone groups is 1. The van der Waals surface area contributed by atoms with E-state index in [4.69, 9.17) is 0 Å². The zero-order chi connectivity index (χ0) is 20.5. The molecule has 0 bridgehead atoms. The molecule has 1 aliphatic rings. The third-order valence-electron chi connectivity index (χ3n) is 4.96. The van der Waals surface area contributed by atoms with Crippen molar-refractivity contribution in [2.45, 2.75) is 35.0 Å². The Bertz CT molecular complexity index is 1080. The first-order valence-corrected chi connectivity index (χ1v) is 11.8. The van der Waals surface area contributed by atoms with E-state index < -0.39 is 25.9 Å². The number of halogens is 1. The quantitative estimate of drug-likeness (QED) is 0.769. The highest BCUT2D eigenvalue weighted by Crippen LogP contribution is 2.34. The number of nitrogens with one attached hydrogen (secondary N) is 1. The van der Waals surface area contributed by atoms with Gasteiger partial charge in [0.25, 0.3) is 10.2 Å². The lowest BCUT2D eigenvalue weighted by Gasteiger charge is -2.27. The maximum atomic E-state index is 13.5. The monoisotopic (exact) mass is 426 g/mol. The molecule has 2 aromatic rings. The van der Waals surface area contributed by atoms with Gasteiger partial charge in [0.05, 0.1) is 9.79 Å². The smallest absolute Gasteiger partial charge is 0.219 e. The molecule has 2 aromatic carbocycles. The van der Waals surface area contributed by atoms with Gasteiger partial charge in [-0.05, 0) is 66.6 Å². The maximum absolute atomic E-state index is 13.5. The van der Waals surface area contributed by atoms with Gasteiger partial charge in [0.15, 0.2) is 0 Å². The summed E-state index contributed by atoms with van der Waals surface area (Å²) in [5.41, 5.74) is 1.84. The summed E-state index contributed by atoms with van der Waals surface area (Å²) in [6, 6.07) is 9.83. The molecule has 28 heavy (non-hydrogen) atoms. The van der Waals surface area contributed by atoms with Crippen LogP contribution in [0.3, 0.4) is 0 Å². The second-order valence-electron chi connectivity index (χ2n) is 7.05. The summed E-state index contributed by atoms with van der Waals surface area (Å²) in [6.07, 6.45) is 2.38. The van der Waals surface area contributed by atoms with Crippen LogP contribution in [0.15, 0.2) is 52.3 Å². The molecule has 0 heterocycles. The van der Waals surface area contributed by atoms with Gasteiger partial charge in [0, 0.05) is 20.6 Å². The van der Waals surface area contributed by atoms with Crippen LogP contribution >= 0.6 is 0 Å². The Kier molecular flexibility index (Phi) is 5.90. The molecule has 152 valence electrons. The van der Waals surface area contributed by atoms with Crippen molar-refractivity contribution >= 4 is 20.0 Å². The van der Waals surface area contributed by atoms with Gasteiger partial charge in [0.2, 0.25) is 9.84 Å². The summed E-state index contributed by atoms with van der Waals surface area (Å²) in [5.74, 6) is -0.628. The average molecular weight is 427 g/mol. The molecule has 0 amide bonds. The summed E-state index contributed by atoms with van der Waals surface area (Å²) in [6.45, 7) is 0.253. The van der Waals surface area contributed by atoms with Gasteiger partial charge in [-0.15, -0.1) is 0 Å². The summed E-state index contributed by atoms with van der Waals surface area (Å²) in [7, 11) is -4.42. The molecule has 0 saturated carbocycles. The lowest BCUT2D eigenvalue weighted by molar-refractivity contribution is 0.487. The molecule has 1 aliphatic carbocycles. The van der Waals surface area contributed by atoms with E-state index in [0.29, 0.717) is 0 Å². The number of nitrogens with zero attached hydrogens (tertiary/aromatic N) is 1. The van der Waals surface area contributed by atoms with E-state index in [0.717, 1.165) is 40.8 Å². The fourth-order valence-corrected chi connectivity index (χ4v) is 5.39. The van der Waals surface area contributed by atoms with Gasteiger partial charge in [-0.3, -0.25) is 0 Å². The van der Waals surface area contributed by atoms with Crippen LogP contribution in [-0.4, -0.2) is 41.8 Å². The highest BCUT2D eigenvalue weighted by atomic mass is 32.2. The molecule has 3 rings (SSSR count). The molecule has 0 aromatic heterocycles. The minimum Gasteiger partial charge on any atom is -0.219 e. The Balaban J connectivity index is 1.89. The molecule has 9 heteroatoms. The second kappa shape index (κ2) is 7.90. The van der Waals surface area contributed by atoms with Crippen LogP contribution in [0.2, 0.25) is 0 Å². The van der Waals surface area contributed by atoms with Gasteiger partial charge >= 0.3 is 0 Å². The summed E-state index contributed by atoms with van der Waals surface area (Å²) in [4.78, 5) is 0.0323. The fourth-order valence-electron chi connectivity index (χ4n) is 3.38. The topological polar surface area (TPSA) is 83.6 Å². The van der Waals surface area contributed by atoms with Crippen LogP contribution in [0.1, 0.15) is 29.9 Å². The highest BCUT2D eigenvalue weighted by Gasteiger charge is 2.26. The van der Waals surface area contributed by atoms with Crippen LogP contribution < -0.4 is 4.72 Å². The summed E-state index contributed by atoms with van der Waals surface area (Å²) in [5, 5.41) is 0. The zero-order valence-corrected chi connectivity index (χ0v) is 17.4. The number of aryl methyl sites for hydroxylation is 1. The predicted molar refractivity (Wildman–Crippen MR) is 105 cm³/mol. The van der Waals surface area contributed by atoms with Crippen LogP contribution in [-0.2, 0) is 26.5 Å². The molecule has 0 fully saturated rings. The Morgan fingerprint density at radius 2 is 1.79 bits per heavy atom. The van der Waals surface area contributed by atoms with E-state index in [2.05, 4.69) is 4.72 Å². The Hall–Kier alpha value is -1.81. The van der Waals surface area contributed by atoms with Crippen LogP contribution in [0.5, 0.6) is 0 Å². The average Bonchev–Trinajstić information content (AvgIpc) is 2.65. The van der Waals surface area contributed by atoms with Crippen LogP contribution in [0, 0.1) is 5.82 Å². The number of fused-ring (bicyclic) bond motifs is 1. The van der Waals surface area contributed by atoms with Gasteiger partial charge in [0.1, 0.15) is 5.82 Å². The van der Waals surface area contributed by atoms with E-state index >= 15 is 0 Å². The van der Waals surface area contributed by atoms with E-state index in [9.17, 15) is 21.2 Å². The summed E-state index contributed by atoms with van der Waals surface area (Å²) < 4.78 is 66.7. The largest absolute Gasteiger partial charge is 0.278 e. The normalized spacial score (nSPS) is 17.5. The van der Waals surface area contributed by atoms with Gasteiger partial charge in [-0.1, -0.05) is 12.1 Å². The fraction of sp³-hybridized carbons (Fsp3) is 0.368. The molecular weight excluding hydrogens is 403 g/mol. The van der Waals surface area contributed by atoms with Crippen molar-refractivity contribution in [3.8, 4) is 0 Å². The Morgan fingerprint density at radius 3 is 2.46 bits per heavy atom. The van der Waals surface area contributed by atoms with Crippen molar-refractivity contribution in [2.75, 3.05) is 20.6 Å². The van der Waals surface area contributed by atoms with Gasteiger partial charge < -0.3 is 0 Å². The zero-order valence-electron chi connectivity index (χ0n) is 15.7. The van der Waals surface area contributed by atoms with Gasteiger partial charge in [-0.25, -0.2) is 17.5 Å². The third kappa shape index (κ3) is 4.27. The Labute approximate surface area is 165 Å². The van der Waals surface area contributed by atoms with Crippen molar-refractivity contribution in [1.82, 2.24) is 9.03 Å². The van der Waals surface area contributed by atoms with Crippen molar-refractivity contribution in [2.24, 2.45) is 0 Å². The molecule has 0 saturated heterocycles. The minimum atomic E-state index is -3.82. The van der Waals surface area contributed by atoms with Crippen molar-refractivity contribution in [1.29, 1.82) is 0 Å². The first kappa shape index (κ1) is 20.9. The van der Waals surface area contributed by atoms with E-state index in [-0.39, 0.29) is 22.3 Å². The van der Waals surface area contributed by atoms with Crippen molar-refractivity contribution in [3.05, 3.63) is 59.4 Å². The number of rotatable bonds is 6. The van der Waals surface area contributed by atoms with Crippen molar-refractivity contribution in [3.63, 3.8) is 0 Å². The molecule has 1 atom stereocenters. The predicted octanol–water partition coefficient (Wildman–Crippen LogP) is 2.47. The van der Waals surface area contributed by atoms with E-state index in [1.54, 1.807) is 12.1 Å². The number of hydrogen-bond donors (Lipinski definition) is 1. The van der Waals surface area contributed by atoms with Crippen molar-refractivity contribution < 1.29 is 21.2 Å². The molecule has 0 unspecified atom stereocenters. The molecule has 6 nitrogen and oxygen atoms in total. The third-order valence-corrected chi connectivity index (χ3v) is 8.20. The van der Waals surface area contributed by atoms with Gasteiger partial charge in [-0.2, -0.15) is 12.7 Å². The number of hydrogen-bond acceptors (Lipinski definition) is 4. The van der Waals surface area contributed by atoms with Crippen LogP contribution in [0.4, 0.5) is 4.39 Å². The first-order chi connectivity index (χ1) is 13.1. The van der Waals surface area contributed by atoms with E-state index in [1.165, 1.54) is 38.4 Å². The SMILES string of the molecule is CN(C)S(=O)(=O)NC[C@@H]1CCCc2cc(S(=O)(=O)c3cccc(F)c3)ccc21. The summed E-state index contributed by atoms with van der Waals surface area (Å²) >= 11 is 0. The first-order valence-electron chi connectivity index (χ1n) is 8.92. The highest BCUT2D eigenvalue weighted by molar-refractivity contribution is 7.91. The second-order valence-corrected chi connectivity index (χ2v) is 11.0. The Morgan fingerprint density at radius 1 is 1.07 bits per heavy atom. The lowest BCUT2D eigenvalue weighted by atomic mass is 9.83. The molecule has 0 radical (unpaired) electrons. The molecule has 0 aliphatic heterocycles. The van der Waals surface area contributed by atoms with Crippen LogP contribution in [0.25, 0.3) is 0 Å². The van der Waals surface area contributed by atoms with E-state index in [1.807, 2.05) is 0 Å².